The highest BCUT2D eigenvalue weighted by atomic mass is 19.4. The van der Waals surface area contributed by atoms with Crippen LogP contribution in [0, 0.1) is 6.92 Å². The van der Waals surface area contributed by atoms with Crippen molar-refractivity contribution in [3.63, 3.8) is 0 Å². The molecule has 0 atom stereocenters. The molecule has 8 heteroatoms. The van der Waals surface area contributed by atoms with Crippen LogP contribution in [0.2, 0.25) is 0 Å². The predicted octanol–water partition coefficient (Wildman–Crippen LogP) is 3.59. The lowest BCUT2D eigenvalue weighted by Crippen LogP contribution is -2.42. The first-order valence-electron chi connectivity index (χ1n) is 9.29. The Morgan fingerprint density at radius 1 is 1.29 bits per heavy atom. The summed E-state index contributed by atoms with van der Waals surface area (Å²) >= 11 is 0. The Labute approximate surface area is 162 Å². The van der Waals surface area contributed by atoms with Gasteiger partial charge in [-0.1, -0.05) is 18.2 Å². The summed E-state index contributed by atoms with van der Waals surface area (Å²) in [6.07, 6.45) is -3.01. The second-order valence-corrected chi connectivity index (χ2v) is 7.27. The van der Waals surface area contributed by atoms with Crippen LogP contribution in [-0.4, -0.2) is 36.6 Å². The Morgan fingerprint density at radius 3 is 2.64 bits per heavy atom. The summed E-state index contributed by atoms with van der Waals surface area (Å²) in [6.45, 7) is 4.07. The number of methoxy groups -OCH3 is 1. The quantitative estimate of drug-likeness (QED) is 0.809. The lowest BCUT2D eigenvalue weighted by molar-refractivity contribution is -0.137. The molecule has 28 heavy (non-hydrogen) atoms. The topological polar surface area (TPSA) is 48.3 Å². The molecule has 1 aliphatic rings. The van der Waals surface area contributed by atoms with Gasteiger partial charge in [0.15, 0.2) is 0 Å². The van der Waals surface area contributed by atoms with E-state index in [4.69, 9.17) is 9.47 Å². The maximum Gasteiger partial charge on any atom is 0.416 e. The van der Waals surface area contributed by atoms with Crippen molar-refractivity contribution in [1.82, 2.24) is 15.1 Å². The summed E-state index contributed by atoms with van der Waals surface area (Å²) in [5.74, 6) is 0.685. The van der Waals surface area contributed by atoms with Crippen molar-refractivity contribution in [2.24, 2.45) is 7.05 Å². The van der Waals surface area contributed by atoms with Crippen molar-refractivity contribution in [3.05, 3.63) is 46.6 Å². The van der Waals surface area contributed by atoms with Crippen LogP contribution in [0.25, 0.3) is 0 Å². The fourth-order valence-corrected chi connectivity index (χ4v) is 3.92. The van der Waals surface area contributed by atoms with Crippen molar-refractivity contribution >= 4 is 0 Å². The lowest BCUT2D eigenvalue weighted by atomic mass is 9.73. The number of alkyl halides is 3. The molecule has 1 N–H and O–H groups in total. The first-order valence-corrected chi connectivity index (χ1v) is 9.29. The molecule has 0 spiro atoms. The standard InChI is InChI=1S/C20H26F3N3O2/c1-14-17(18(27-3)26(2)25-14)12-24-13-19(7-9-28-10-8-19)15-5-4-6-16(11-15)20(21,22)23/h4-6,11,24H,7-10,12-13H2,1-3H3. The van der Waals surface area contributed by atoms with Gasteiger partial charge in [-0.15, -0.1) is 0 Å². The molecular formula is C20H26F3N3O2. The van der Waals surface area contributed by atoms with Crippen LogP contribution >= 0.6 is 0 Å². The molecule has 3 rings (SSSR count). The number of hydrogen-bond acceptors (Lipinski definition) is 4. The van der Waals surface area contributed by atoms with Gasteiger partial charge in [-0.05, 0) is 31.4 Å². The minimum atomic E-state index is -4.35. The summed E-state index contributed by atoms with van der Waals surface area (Å²) in [5, 5.41) is 7.80. The zero-order chi connectivity index (χ0) is 20.4. The molecule has 2 heterocycles. The van der Waals surface area contributed by atoms with Crippen LogP contribution in [0.4, 0.5) is 13.2 Å². The molecule has 1 aliphatic heterocycles. The smallest absolute Gasteiger partial charge is 0.416 e. The van der Waals surface area contributed by atoms with Gasteiger partial charge in [0.25, 0.3) is 0 Å². The monoisotopic (exact) mass is 397 g/mol. The maximum atomic E-state index is 13.2. The van der Waals surface area contributed by atoms with E-state index < -0.39 is 17.2 Å². The predicted molar refractivity (Wildman–Crippen MR) is 99.4 cm³/mol. The molecule has 1 aromatic heterocycles. The maximum absolute atomic E-state index is 13.2. The number of halogens is 3. The summed E-state index contributed by atoms with van der Waals surface area (Å²) in [6, 6.07) is 5.68. The summed E-state index contributed by atoms with van der Waals surface area (Å²) in [4.78, 5) is 0. The van der Waals surface area contributed by atoms with Gasteiger partial charge in [0.1, 0.15) is 0 Å². The van der Waals surface area contributed by atoms with Crippen molar-refractivity contribution in [2.75, 3.05) is 26.9 Å². The Kier molecular flexibility index (Phi) is 6.00. The Morgan fingerprint density at radius 2 is 2.00 bits per heavy atom. The van der Waals surface area contributed by atoms with E-state index in [0.29, 0.717) is 50.6 Å². The molecule has 1 aromatic carbocycles. The highest BCUT2D eigenvalue weighted by Gasteiger charge is 2.37. The third-order valence-corrected chi connectivity index (χ3v) is 5.50. The number of aryl methyl sites for hydroxylation is 2. The highest BCUT2D eigenvalue weighted by Crippen LogP contribution is 2.38. The normalized spacial score (nSPS) is 16.9. The van der Waals surface area contributed by atoms with E-state index in [-0.39, 0.29) is 0 Å². The van der Waals surface area contributed by atoms with Gasteiger partial charge in [0.2, 0.25) is 5.88 Å². The summed E-state index contributed by atoms with van der Waals surface area (Å²) in [7, 11) is 3.42. The van der Waals surface area contributed by atoms with Crippen LogP contribution in [0.3, 0.4) is 0 Å². The van der Waals surface area contributed by atoms with Crippen LogP contribution in [0.1, 0.15) is 35.2 Å². The Bertz CT molecular complexity index is 812. The molecule has 0 saturated carbocycles. The Balaban J connectivity index is 1.82. The minimum absolute atomic E-state index is 0.400. The molecule has 0 bridgehead atoms. The van der Waals surface area contributed by atoms with Crippen LogP contribution in [0.15, 0.2) is 24.3 Å². The van der Waals surface area contributed by atoms with Crippen molar-refractivity contribution in [3.8, 4) is 5.88 Å². The van der Waals surface area contributed by atoms with Crippen LogP contribution in [-0.2, 0) is 29.9 Å². The van der Waals surface area contributed by atoms with Crippen LogP contribution in [0.5, 0.6) is 5.88 Å². The van der Waals surface area contributed by atoms with E-state index in [1.54, 1.807) is 17.9 Å². The molecule has 2 aromatic rings. The number of hydrogen-bond donors (Lipinski definition) is 1. The number of nitrogens with zero attached hydrogens (tertiary/aromatic N) is 2. The fraction of sp³-hybridized carbons (Fsp3) is 0.550. The Hall–Kier alpha value is -2.06. The van der Waals surface area contributed by atoms with Crippen molar-refractivity contribution in [1.29, 1.82) is 0 Å². The van der Waals surface area contributed by atoms with Gasteiger partial charge in [-0.2, -0.15) is 18.3 Å². The number of nitrogens with one attached hydrogen (secondary N) is 1. The zero-order valence-electron chi connectivity index (χ0n) is 16.4. The second-order valence-electron chi connectivity index (χ2n) is 7.27. The fourth-order valence-electron chi connectivity index (χ4n) is 3.92. The number of aromatic nitrogens is 2. The average Bonchev–Trinajstić information content (AvgIpc) is 2.94. The first-order chi connectivity index (χ1) is 13.3. The van der Waals surface area contributed by atoms with Crippen molar-refractivity contribution < 1.29 is 22.6 Å². The zero-order valence-corrected chi connectivity index (χ0v) is 16.4. The third-order valence-electron chi connectivity index (χ3n) is 5.50. The molecule has 0 unspecified atom stereocenters. The number of benzene rings is 1. The molecule has 0 radical (unpaired) electrons. The van der Waals surface area contributed by atoms with E-state index in [1.807, 2.05) is 14.0 Å². The first kappa shape index (κ1) is 20.7. The largest absolute Gasteiger partial charge is 0.481 e. The number of rotatable bonds is 6. The molecule has 154 valence electrons. The van der Waals surface area contributed by atoms with Gasteiger partial charge in [-0.25, -0.2) is 4.68 Å². The van der Waals surface area contributed by atoms with E-state index in [2.05, 4.69) is 10.4 Å². The van der Waals surface area contributed by atoms with E-state index in [0.717, 1.165) is 17.3 Å². The van der Waals surface area contributed by atoms with Gasteiger partial charge in [0.05, 0.1) is 23.9 Å². The third kappa shape index (κ3) is 4.17. The molecule has 1 saturated heterocycles. The molecule has 0 amide bonds. The SMILES string of the molecule is COc1c(CNCC2(c3cccc(C(F)(F)F)c3)CCOCC2)c(C)nn1C. The summed E-state index contributed by atoms with van der Waals surface area (Å²) in [5.41, 5.74) is 1.51. The van der Waals surface area contributed by atoms with Crippen molar-refractivity contribution in [2.45, 2.75) is 37.9 Å². The van der Waals surface area contributed by atoms with E-state index >= 15 is 0 Å². The molecule has 0 aliphatic carbocycles. The van der Waals surface area contributed by atoms with E-state index in [1.165, 1.54) is 12.1 Å². The number of ether oxygens (including phenoxy) is 2. The van der Waals surface area contributed by atoms with Gasteiger partial charge >= 0.3 is 6.18 Å². The van der Waals surface area contributed by atoms with Gasteiger partial charge < -0.3 is 14.8 Å². The van der Waals surface area contributed by atoms with Gasteiger partial charge in [0, 0.05) is 38.8 Å². The minimum Gasteiger partial charge on any atom is -0.481 e. The lowest BCUT2D eigenvalue weighted by Gasteiger charge is -2.38. The average molecular weight is 397 g/mol. The molecule has 5 nitrogen and oxygen atoms in total. The van der Waals surface area contributed by atoms with Gasteiger partial charge in [-0.3, -0.25) is 0 Å². The molecule has 1 fully saturated rings. The summed E-state index contributed by atoms with van der Waals surface area (Å²) < 4.78 is 52.2. The van der Waals surface area contributed by atoms with E-state index in [9.17, 15) is 13.2 Å². The second kappa shape index (κ2) is 8.13. The highest BCUT2D eigenvalue weighted by molar-refractivity contribution is 5.34. The molecular weight excluding hydrogens is 371 g/mol. The van der Waals surface area contributed by atoms with Crippen LogP contribution < -0.4 is 10.1 Å².